The Hall–Kier alpha value is -1.20. The number of anilines is 1. The number of fused-ring (bicyclic) bond motifs is 1. The van der Waals surface area contributed by atoms with Crippen molar-refractivity contribution in [3.05, 3.63) is 17.6 Å². The van der Waals surface area contributed by atoms with Gasteiger partial charge in [0, 0.05) is 0 Å². The largest absolute Gasteiger partial charge is 0.309 e. The zero-order valence-corrected chi connectivity index (χ0v) is 6.13. The summed E-state index contributed by atoms with van der Waals surface area (Å²) < 4.78 is 0. The van der Waals surface area contributed by atoms with Crippen molar-refractivity contribution in [3.8, 4) is 0 Å². The summed E-state index contributed by atoms with van der Waals surface area (Å²) >= 11 is 0. The maximum absolute atomic E-state index is 5.64. The van der Waals surface area contributed by atoms with Crippen molar-refractivity contribution >= 4 is 5.82 Å². The van der Waals surface area contributed by atoms with Gasteiger partial charge in [-0.05, 0) is 6.92 Å². The number of hydrogen-bond donors (Lipinski definition) is 3. The Morgan fingerprint density at radius 1 is 1.64 bits per heavy atom. The first-order chi connectivity index (χ1) is 5.27. The SMILES string of the molecule is Cc1cnc2c(n1)C(N)NN2. The van der Waals surface area contributed by atoms with Gasteiger partial charge < -0.3 is 11.2 Å². The molecule has 1 unspecified atom stereocenters. The van der Waals surface area contributed by atoms with Gasteiger partial charge >= 0.3 is 0 Å². The average molecular weight is 151 g/mol. The molecule has 11 heavy (non-hydrogen) atoms. The van der Waals surface area contributed by atoms with Crippen molar-refractivity contribution in [2.45, 2.75) is 13.1 Å². The number of rotatable bonds is 0. The zero-order valence-electron chi connectivity index (χ0n) is 6.13. The fraction of sp³-hybridized carbons (Fsp3) is 0.333. The highest BCUT2D eigenvalue weighted by atomic mass is 15.5. The normalized spacial score (nSPS) is 21.1. The minimum absolute atomic E-state index is 0.239. The lowest BCUT2D eigenvalue weighted by Gasteiger charge is -2.00. The summed E-state index contributed by atoms with van der Waals surface area (Å²) in [4.78, 5) is 8.32. The summed E-state index contributed by atoms with van der Waals surface area (Å²) in [5.41, 5.74) is 12.9. The molecule has 58 valence electrons. The highest BCUT2D eigenvalue weighted by Gasteiger charge is 2.20. The number of hydrogen-bond acceptors (Lipinski definition) is 5. The molecule has 0 saturated carbocycles. The number of hydrazine groups is 1. The lowest BCUT2D eigenvalue weighted by atomic mass is 10.3. The van der Waals surface area contributed by atoms with Crippen molar-refractivity contribution in [1.82, 2.24) is 15.4 Å². The lowest BCUT2D eigenvalue weighted by Crippen LogP contribution is -2.25. The van der Waals surface area contributed by atoms with Gasteiger partial charge in [-0.3, -0.25) is 0 Å². The van der Waals surface area contributed by atoms with E-state index in [-0.39, 0.29) is 6.17 Å². The van der Waals surface area contributed by atoms with E-state index < -0.39 is 0 Å². The minimum Gasteiger partial charge on any atom is -0.309 e. The molecule has 2 rings (SSSR count). The van der Waals surface area contributed by atoms with Gasteiger partial charge in [0.15, 0.2) is 5.82 Å². The molecule has 1 aromatic rings. The predicted octanol–water partition coefficient (Wildman–Crippen LogP) is -0.328. The van der Waals surface area contributed by atoms with Crippen LogP contribution in [0.15, 0.2) is 6.20 Å². The number of aromatic nitrogens is 2. The summed E-state index contributed by atoms with van der Waals surface area (Å²) in [7, 11) is 0. The molecule has 1 atom stereocenters. The Bertz CT molecular complexity index is 284. The molecule has 1 aliphatic rings. The van der Waals surface area contributed by atoms with Crippen LogP contribution in [-0.2, 0) is 0 Å². The molecule has 0 fully saturated rings. The third-order valence-electron chi connectivity index (χ3n) is 1.56. The van der Waals surface area contributed by atoms with Gasteiger partial charge in [0.2, 0.25) is 0 Å². The number of nitrogens with zero attached hydrogens (tertiary/aromatic N) is 2. The van der Waals surface area contributed by atoms with Crippen LogP contribution in [0.5, 0.6) is 0 Å². The van der Waals surface area contributed by atoms with E-state index in [0.29, 0.717) is 0 Å². The standard InChI is InChI=1S/C6H9N5/c1-3-2-8-6-4(9-3)5(7)10-11-6/h2,5,10H,7H2,1H3,(H,8,11). The summed E-state index contributed by atoms with van der Waals surface area (Å²) in [6.07, 6.45) is 1.46. The quantitative estimate of drug-likeness (QED) is 0.473. The number of aryl methyl sites for hydroxylation is 1. The molecule has 0 aromatic carbocycles. The van der Waals surface area contributed by atoms with Crippen molar-refractivity contribution in [3.63, 3.8) is 0 Å². The second-order valence-electron chi connectivity index (χ2n) is 2.49. The minimum atomic E-state index is -0.239. The molecule has 0 amide bonds. The van der Waals surface area contributed by atoms with E-state index in [2.05, 4.69) is 20.8 Å². The maximum atomic E-state index is 5.64. The van der Waals surface area contributed by atoms with Crippen molar-refractivity contribution in [1.29, 1.82) is 0 Å². The first-order valence-electron chi connectivity index (χ1n) is 3.38. The molecule has 0 bridgehead atoms. The van der Waals surface area contributed by atoms with E-state index in [4.69, 9.17) is 5.73 Å². The fourth-order valence-corrected chi connectivity index (χ4v) is 1.02. The molecule has 1 aliphatic heterocycles. The molecular weight excluding hydrogens is 142 g/mol. The van der Waals surface area contributed by atoms with E-state index in [1.165, 1.54) is 0 Å². The van der Waals surface area contributed by atoms with Crippen LogP contribution in [-0.4, -0.2) is 9.97 Å². The van der Waals surface area contributed by atoms with Gasteiger partial charge in [-0.25, -0.2) is 15.4 Å². The molecule has 4 N–H and O–H groups in total. The molecule has 1 aromatic heterocycles. The number of nitrogens with one attached hydrogen (secondary N) is 2. The third kappa shape index (κ3) is 0.941. The molecule has 0 spiro atoms. The van der Waals surface area contributed by atoms with Crippen LogP contribution in [0.4, 0.5) is 5.82 Å². The van der Waals surface area contributed by atoms with Crippen molar-refractivity contribution in [2.75, 3.05) is 5.43 Å². The molecular formula is C6H9N5. The van der Waals surface area contributed by atoms with Gasteiger partial charge in [-0.2, -0.15) is 0 Å². The summed E-state index contributed by atoms with van der Waals surface area (Å²) in [6.45, 7) is 1.89. The summed E-state index contributed by atoms with van der Waals surface area (Å²) in [5.74, 6) is 0.725. The monoisotopic (exact) mass is 151 g/mol. The second kappa shape index (κ2) is 2.14. The smallest absolute Gasteiger partial charge is 0.165 e. The molecule has 2 heterocycles. The Morgan fingerprint density at radius 2 is 2.45 bits per heavy atom. The molecule has 0 radical (unpaired) electrons. The van der Waals surface area contributed by atoms with Crippen LogP contribution >= 0.6 is 0 Å². The predicted molar refractivity (Wildman–Crippen MR) is 40.5 cm³/mol. The van der Waals surface area contributed by atoms with E-state index >= 15 is 0 Å². The van der Waals surface area contributed by atoms with E-state index in [1.54, 1.807) is 6.20 Å². The van der Waals surface area contributed by atoms with Crippen LogP contribution in [0.2, 0.25) is 0 Å². The van der Waals surface area contributed by atoms with E-state index in [0.717, 1.165) is 17.2 Å². The van der Waals surface area contributed by atoms with Gasteiger partial charge in [-0.1, -0.05) is 0 Å². The Morgan fingerprint density at radius 3 is 3.27 bits per heavy atom. The first-order valence-corrected chi connectivity index (χ1v) is 3.38. The fourth-order valence-electron chi connectivity index (χ4n) is 1.02. The molecule has 5 nitrogen and oxygen atoms in total. The van der Waals surface area contributed by atoms with Crippen molar-refractivity contribution < 1.29 is 0 Å². The van der Waals surface area contributed by atoms with Crippen molar-refractivity contribution in [2.24, 2.45) is 5.73 Å². The highest BCUT2D eigenvalue weighted by molar-refractivity contribution is 5.44. The Balaban J connectivity index is 2.52. The lowest BCUT2D eigenvalue weighted by molar-refractivity contribution is 0.639. The highest BCUT2D eigenvalue weighted by Crippen LogP contribution is 2.19. The van der Waals surface area contributed by atoms with Crippen LogP contribution in [0.1, 0.15) is 17.6 Å². The number of nitrogens with two attached hydrogens (primary N) is 1. The zero-order chi connectivity index (χ0) is 7.84. The van der Waals surface area contributed by atoms with Gasteiger partial charge in [0.05, 0.1) is 11.9 Å². The van der Waals surface area contributed by atoms with Gasteiger partial charge in [0.25, 0.3) is 0 Å². The van der Waals surface area contributed by atoms with Gasteiger partial charge in [-0.15, -0.1) is 0 Å². The van der Waals surface area contributed by atoms with Crippen LogP contribution in [0, 0.1) is 6.92 Å². The first kappa shape index (κ1) is 6.51. The molecule has 0 saturated heterocycles. The second-order valence-corrected chi connectivity index (χ2v) is 2.49. The topological polar surface area (TPSA) is 75.9 Å². The average Bonchev–Trinajstić information content (AvgIpc) is 2.33. The summed E-state index contributed by atoms with van der Waals surface area (Å²) in [5, 5.41) is 0. The van der Waals surface area contributed by atoms with Gasteiger partial charge in [0.1, 0.15) is 11.9 Å². The Kier molecular flexibility index (Phi) is 1.27. The van der Waals surface area contributed by atoms with E-state index in [9.17, 15) is 0 Å². The van der Waals surface area contributed by atoms with Crippen LogP contribution < -0.4 is 16.6 Å². The van der Waals surface area contributed by atoms with E-state index in [1.807, 2.05) is 6.92 Å². The van der Waals surface area contributed by atoms with Crippen LogP contribution in [0.3, 0.4) is 0 Å². The third-order valence-corrected chi connectivity index (χ3v) is 1.56. The summed E-state index contributed by atoms with van der Waals surface area (Å²) in [6, 6.07) is 0. The maximum Gasteiger partial charge on any atom is 0.165 e. The molecule has 5 heteroatoms. The Labute approximate surface area is 64.0 Å². The molecule has 0 aliphatic carbocycles. The van der Waals surface area contributed by atoms with Crippen LogP contribution in [0.25, 0.3) is 0 Å².